The summed E-state index contributed by atoms with van der Waals surface area (Å²) in [6.07, 6.45) is 2.48. The maximum Gasteiger partial charge on any atom is 0.259 e. The fraction of sp³-hybridized carbons (Fsp3) is 0.733. The third-order valence-electron chi connectivity index (χ3n) is 4.42. The minimum atomic E-state index is -3.20. The Morgan fingerprint density at radius 3 is 2.39 bits per heavy atom. The van der Waals surface area contributed by atoms with Crippen LogP contribution in [0.5, 0.6) is 0 Å². The summed E-state index contributed by atoms with van der Waals surface area (Å²) in [7, 11) is -1.61. The van der Waals surface area contributed by atoms with E-state index in [2.05, 4.69) is 5.16 Å². The predicted octanol–water partition coefficient (Wildman–Crippen LogP) is 1.60. The molecule has 1 amide bonds. The molecule has 23 heavy (non-hydrogen) atoms. The van der Waals surface area contributed by atoms with E-state index in [-0.39, 0.29) is 17.9 Å². The largest absolute Gasteiger partial charge is 0.360 e. The Morgan fingerprint density at radius 2 is 1.91 bits per heavy atom. The smallest absolute Gasteiger partial charge is 0.259 e. The van der Waals surface area contributed by atoms with Crippen molar-refractivity contribution in [3.63, 3.8) is 0 Å². The van der Waals surface area contributed by atoms with Gasteiger partial charge in [0, 0.05) is 32.1 Å². The number of sulfonamides is 1. The van der Waals surface area contributed by atoms with E-state index in [1.807, 2.05) is 13.8 Å². The van der Waals surface area contributed by atoms with Gasteiger partial charge in [-0.15, -0.1) is 0 Å². The first kappa shape index (κ1) is 17.9. The molecule has 0 spiro atoms. The second-order valence-corrected chi connectivity index (χ2v) is 8.51. The number of hydrogen-bond acceptors (Lipinski definition) is 5. The fourth-order valence-corrected chi connectivity index (χ4v) is 3.66. The van der Waals surface area contributed by atoms with Gasteiger partial charge in [0.05, 0.1) is 11.9 Å². The van der Waals surface area contributed by atoms with Crippen molar-refractivity contribution in [1.82, 2.24) is 14.4 Å². The summed E-state index contributed by atoms with van der Waals surface area (Å²) in [6.45, 7) is 6.76. The van der Waals surface area contributed by atoms with Gasteiger partial charge in [-0.2, -0.15) is 0 Å². The van der Waals surface area contributed by atoms with Gasteiger partial charge in [-0.25, -0.2) is 12.7 Å². The first-order valence-electron chi connectivity index (χ1n) is 7.81. The molecule has 8 heteroatoms. The molecule has 1 saturated heterocycles. The van der Waals surface area contributed by atoms with Crippen LogP contribution in [0.1, 0.15) is 54.4 Å². The van der Waals surface area contributed by atoms with Crippen molar-refractivity contribution in [2.75, 3.05) is 26.4 Å². The van der Waals surface area contributed by atoms with Gasteiger partial charge in [-0.05, 0) is 19.8 Å². The first-order chi connectivity index (χ1) is 10.6. The van der Waals surface area contributed by atoms with Gasteiger partial charge in [-0.1, -0.05) is 19.0 Å². The summed E-state index contributed by atoms with van der Waals surface area (Å²) in [5.41, 5.74) is 1.16. The molecule has 0 atom stereocenters. The molecule has 0 aromatic carbocycles. The van der Waals surface area contributed by atoms with E-state index in [0.29, 0.717) is 42.9 Å². The number of amides is 1. The van der Waals surface area contributed by atoms with Crippen LogP contribution in [0.25, 0.3) is 0 Å². The number of aryl methyl sites for hydroxylation is 1. The Hall–Kier alpha value is -1.41. The zero-order valence-electron chi connectivity index (χ0n) is 14.4. The van der Waals surface area contributed by atoms with E-state index in [1.165, 1.54) is 10.6 Å². The Balaban J connectivity index is 2.09. The first-order valence-corrected chi connectivity index (χ1v) is 9.66. The van der Waals surface area contributed by atoms with Crippen molar-refractivity contribution in [2.24, 2.45) is 0 Å². The molecule has 1 fully saturated rings. The SMILES string of the molecule is Cc1noc(C(C)C)c1C(=O)N1CCC(N(C)S(C)(=O)=O)CC1. The highest BCUT2D eigenvalue weighted by atomic mass is 32.2. The van der Waals surface area contributed by atoms with Crippen molar-refractivity contribution < 1.29 is 17.7 Å². The Morgan fingerprint density at radius 1 is 1.35 bits per heavy atom. The quantitative estimate of drug-likeness (QED) is 0.829. The van der Waals surface area contributed by atoms with Crippen LogP contribution in [0.4, 0.5) is 0 Å². The molecule has 0 aliphatic carbocycles. The van der Waals surface area contributed by atoms with Crippen LogP contribution >= 0.6 is 0 Å². The molecule has 0 N–H and O–H groups in total. The van der Waals surface area contributed by atoms with Crippen LogP contribution in [0.15, 0.2) is 4.52 Å². The Bertz CT molecular complexity index is 673. The van der Waals surface area contributed by atoms with E-state index in [9.17, 15) is 13.2 Å². The van der Waals surface area contributed by atoms with E-state index in [1.54, 1.807) is 18.9 Å². The third kappa shape index (κ3) is 3.74. The van der Waals surface area contributed by atoms with Crippen molar-refractivity contribution in [2.45, 2.75) is 45.6 Å². The Kier molecular flexibility index (Phi) is 5.15. The van der Waals surface area contributed by atoms with Gasteiger partial charge in [0.2, 0.25) is 10.0 Å². The van der Waals surface area contributed by atoms with E-state index >= 15 is 0 Å². The Labute approximate surface area is 137 Å². The number of likely N-dealkylation sites (tertiary alicyclic amines) is 1. The van der Waals surface area contributed by atoms with Crippen LogP contribution in [-0.2, 0) is 10.0 Å². The van der Waals surface area contributed by atoms with E-state index in [0.717, 1.165) is 0 Å². The summed E-state index contributed by atoms with van der Waals surface area (Å²) in [4.78, 5) is 14.5. The highest BCUT2D eigenvalue weighted by Crippen LogP contribution is 2.26. The average Bonchev–Trinajstić information content (AvgIpc) is 2.87. The lowest BCUT2D eigenvalue weighted by molar-refractivity contribution is 0.0683. The van der Waals surface area contributed by atoms with Crippen molar-refractivity contribution in [3.05, 3.63) is 17.0 Å². The predicted molar refractivity (Wildman–Crippen MR) is 86.9 cm³/mol. The van der Waals surface area contributed by atoms with Crippen LogP contribution in [0.3, 0.4) is 0 Å². The topological polar surface area (TPSA) is 83.7 Å². The summed E-state index contributed by atoms with van der Waals surface area (Å²) in [6, 6.07) is -0.0535. The highest BCUT2D eigenvalue weighted by Gasteiger charge is 2.32. The van der Waals surface area contributed by atoms with Gasteiger partial charge >= 0.3 is 0 Å². The summed E-state index contributed by atoms with van der Waals surface area (Å²) < 4.78 is 29.9. The van der Waals surface area contributed by atoms with Crippen molar-refractivity contribution in [3.8, 4) is 0 Å². The summed E-state index contributed by atoms with van der Waals surface area (Å²) in [5, 5.41) is 3.92. The molecular formula is C15H25N3O4S. The minimum absolute atomic E-state index is 0.0535. The van der Waals surface area contributed by atoms with Crippen molar-refractivity contribution in [1.29, 1.82) is 0 Å². The van der Waals surface area contributed by atoms with Gasteiger partial charge < -0.3 is 9.42 Å². The molecule has 1 aromatic heterocycles. The van der Waals surface area contributed by atoms with Crippen LogP contribution in [0.2, 0.25) is 0 Å². The number of hydrogen-bond donors (Lipinski definition) is 0. The summed E-state index contributed by atoms with van der Waals surface area (Å²) >= 11 is 0. The zero-order valence-corrected chi connectivity index (χ0v) is 15.2. The van der Waals surface area contributed by atoms with Gasteiger partial charge in [0.15, 0.2) is 5.76 Å². The maximum absolute atomic E-state index is 12.8. The second kappa shape index (κ2) is 6.60. The van der Waals surface area contributed by atoms with Crippen LogP contribution in [0, 0.1) is 6.92 Å². The molecule has 1 aliphatic heterocycles. The lowest BCUT2D eigenvalue weighted by atomic mass is 10.0. The molecule has 0 unspecified atom stereocenters. The molecule has 130 valence electrons. The van der Waals surface area contributed by atoms with Crippen LogP contribution < -0.4 is 0 Å². The normalized spacial score (nSPS) is 17.3. The minimum Gasteiger partial charge on any atom is -0.360 e. The molecule has 0 bridgehead atoms. The molecule has 7 nitrogen and oxygen atoms in total. The number of nitrogens with zero attached hydrogens (tertiary/aromatic N) is 3. The number of carbonyl (C=O) groups is 1. The lowest BCUT2D eigenvalue weighted by Crippen LogP contribution is -2.47. The zero-order chi connectivity index (χ0) is 17.4. The number of piperidine rings is 1. The molecule has 0 radical (unpaired) electrons. The summed E-state index contributed by atoms with van der Waals surface area (Å²) in [5.74, 6) is 0.625. The standard InChI is InChI=1S/C15H25N3O4S/c1-10(2)14-13(11(3)16-22-14)15(19)18-8-6-12(7-9-18)17(4)23(5,20)21/h10,12H,6-9H2,1-5H3. The highest BCUT2D eigenvalue weighted by molar-refractivity contribution is 7.88. The van der Waals surface area contributed by atoms with Crippen molar-refractivity contribution >= 4 is 15.9 Å². The monoisotopic (exact) mass is 343 g/mol. The van der Waals surface area contributed by atoms with Gasteiger partial charge in [0.1, 0.15) is 5.56 Å². The average molecular weight is 343 g/mol. The van der Waals surface area contributed by atoms with E-state index in [4.69, 9.17) is 4.52 Å². The molecule has 2 heterocycles. The van der Waals surface area contributed by atoms with Gasteiger partial charge in [0.25, 0.3) is 5.91 Å². The number of carbonyl (C=O) groups excluding carboxylic acids is 1. The number of aromatic nitrogens is 1. The maximum atomic E-state index is 12.8. The fourth-order valence-electron chi connectivity index (χ4n) is 2.90. The molecular weight excluding hydrogens is 318 g/mol. The van der Waals surface area contributed by atoms with Gasteiger partial charge in [-0.3, -0.25) is 4.79 Å². The van der Waals surface area contributed by atoms with Crippen LogP contribution in [-0.4, -0.2) is 61.1 Å². The lowest BCUT2D eigenvalue weighted by Gasteiger charge is -2.35. The number of rotatable bonds is 4. The molecule has 0 saturated carbocycles. The molecule has 1 aromatic rings. The third-order valence-corrected chi connectivity index (χ3v) is 5.76. The second-order valence-electron chi connectivity index (χ2n) is 6.46. The molecule has 1 aliphatic rings. The molecule has 2 rings (SSSR count). The van der Waals surface area contributed by atoms with E-state index < -0.39 is 10.0 Å².